The van der Waals surface area contributed by atoms with Crippen LogP contribution in [0.1, 0.15) is 6.42 Å². The maximum Gasteiger partial charge on any atom is 0.235 e. The van der Waals surface area contributed by atoms with Crippen molar-refractivity contribution in [3.05, 3.63) is 42.6 Å². The molecule has 1 saturated heterocycles. The summed E-state index contributed by atoms with van der Waals surface area (Å²) in [5.41, 5.74) is 1.33. The molecule has 3 aromatic rings. The maximum atomic E-state index is 12.7. The smallest absolute Gasteiger partial charge is 0.235 e. The fourth-order valence-corrected chi connectivity index (χ4v) is 3.47. The van der Waals surface area contributed by atoms with Crippen molar-refractivity contribution in [2.45, 2.75) is 6.42 Å². The SMILES string of the molecule is O=C(Nc1nnc2ccccn12)[C@@H]1CC(=O)N(c2ccc3c(c2)OCCO3)C1. The first kappa shape index (κ1) is 16.5. The third kappa shape index (κ3) is 2.81. The number of nitrogens with one attached hydrogen (secondary N) is 1. The zero-order chi connectivity index (χ0) is 19.1. The molecule has 4 heterocycles. The largest absolute Gasteiger partial charge is 0.486 e. The number of carbonyl (C=O) groups excluding carboxylic acids is 2. The number of benzene rings is 1. The molecule has 2 aliphatic heterocycles. The molecule has 1 atom stereocenters. The van der Waals surface area contributed by atoms with Crippen LogP contribution in [0, 0.1) is 5.92 Å². The number of anilines is 2. The van der Waals surface area contributed by atoms with Crippen LogP contribution < -0.4 is 19.7 Å². The van der Waals surface area contributed by atoms with Gasteiger partial charge in [0.25, 0.3) is 0 Å². The Morgan fingerprint density at radius 2 is 1.96 bits per heavy atom. The topological polar surface area (TPSA) is 98.1 Å². The molecule has 1 N–H and O–H groups in total. The Morgan fingerprint density at radius 3 is 2.86 bits per heavy atom. The summed E-state index contributed by atoms with van der Waals surface area (Å²) < 4.78 is 12.8. The summed E-state index contributed by atoms with van der Waals surface area (Å²) in [6, 6.07) is 10.8. The van der Waals surface area contributed by atoms with E-state index in [0.717, 1.165) is 0 Å². The highest BCUT2D eigenvalue weighted by molar-refractivity contribution is 6.03. The van der Waals surface area contributed by atoms with Crippen LogP contribution in [0.5, 0.6) is 11.5 Å². The van der Waals surface area contributed by atoms with Gasteiger partial charge in [0.05, 0.1) is 5.92 Å². The van der Waals surface area contributed by atoms with Gasteiger partial charge in [-0.05, 0) is 24.3 Å². The molecule has 1 fully saturated rings. The average molecular weight is 379 g/mol. The van der Waals surface area contributed by atoms with Gasteiger partial charge in [-0.3, -0.25) is 19.3 Å². The summed E-state index contributed by atoms with van der Waals surface area (Å²) in [5, 5.41) is 10.8. The second-order valence-electron chi connectivity index (χ2n) is 6.68. The van der Waals surface area contributed by atoms with Gasteiger partial charge >= 0.3 is 0 Å². The van der Waals surface area contributed by atoms with Crippen molar-refractivity contribution in [1.82, 2.24) is 14.6 Å². The molecular formula is C19H17N5O4. The van der Waals surface area contributed by atoms with E-state index in [1.54, 1.807) is 39.8 Å². The molecule has 9 heteroatoms. The van der Waals surface area contributed by atoms with Crippen molar-refractivity contribution >= 4 is 29.1 Å². The van der Waals surface area contributed by atoms with E-state index in [-0.39, 0.29) is 18.2 Å². The molecule has 142 valence electrons. The molecule has 2 aliphatic rings. The molecule has 2 aromatic heterocycles. The molecule has 5 rings (SSSR count). The fraction of sp³-hybridized carbons (Fsp3) is 0.263. The van der Waals surface area contributed by atoms with Crippen LogP contribution in [0.4, 0.5) is 11.6 Å². The predicted octanol–water partition coefficient (Wildman–Crippen LogP) is 1.49. The van der Waals surface area contributed by atoms with Crippen LogP contribution in [-0.4, -0.2) is 46.2 Å². The van der Waals surface area contributed by atoms with Crippen molar-refractivity contribution < 1.29 is 19.1 Å². The average Bonchev–Trinajstić information content (AvgIpc) is 3.31. The van der Waals surface area contributed by atoms with Gasteiger partial charge in [0.15, 0.2) is 17.1 Å². The molecule has 0 aliphatic carbocycles. The molecule has 0 unspecified atom stereocenters. The van der Waals surface area contributed by atoms with Crippen molar-refractivity contribution in [2.75, 3.05) is 30.0 Å². The van der Waals surface area contributed by atoms with Gasteiger partial charge in [0.2, 0.25) is 17.8 Å². The van der Waals surface area contributed by atoms with Crippen molar-refractivity contribution in [2.24, 2.45) is 5.92 Å². The molecule has 0 radical (unpaired) electrons. The Hall–Kier alpha value is -3.62. The van der Waals surface area contributed by atoms with E-state index in [1.807, 2.05) is 12.1 Å². The van der Waals surface area contributed by atoms with Crippen LogP contribution in [0.3, 0.4) is 0 Å². The Labute approximate surface area is 159 Å². The van der Waals surface area contributed by atoms with Crippen LogP contribution in [-0.2, 0) is 9.59 Å². The van der Waals surface area contributed by atoms with E-state index >= 15 is 0 Å². The van der Waals surface area contributed by atoms with Gasteiger partial charge in [-0.1, -0.05) is 6.07 Å². The molecule has 1 aromatic carbocycles. The molecule has 0 bridgehead atoms. The number of fused-ring (bicyclic) bond motifs is 2. The summed E-state index contributed by atoms with van der Waals surface area (Å²) in [6.07, 6.45) is 1.91. The number of amides is 2. The molecule has 2 amide bonds. The third-order valence-electron chi connectivity index (χ3n) is 4.88. The minimum atomic E-state index is -0.475. The van der Waals surface area contributed by atoms with Crippen LogP contribution in [0.25, 0.3) is 5.65 Å². The van der Waals surface area contributed by atoms with Gasteiger partial charge in [-0.2, -0.15) is 0 Å². The summed E-state index contributed by atoms with van der Waals surface area (Å²) in [5.74, 6) is 0.770. The minimum Gasteiger partial charge on any atom is -0.486 e. The lowest BCUT2D eigenvalue weighted by molar-refractivity contribution is -0.122. The van der Waals surface area contributed by atoms with E-state index in [1.165, 1.54) is 0 Å². The minimum absolute atomic E-state index is 0.108. The van der Waals surface area contributed by atoms with E-state index in [9.17, 15) is 9.59 Å². The quantitative estimate of drug-likeness (QED) is 0.740. The Bertz CT molecular complexity index is 1080. The van der Waals surface area contributed by atoms with Crippen molar-refractivity contribution in [3.63, 3.8) is 0 Å². The van der Waals surface area contributed by atoms with E-state index in [0.29, 0.717) is 48.5 Å². The molecule has 28 heavy (non-hydrogen) atoms. The molecular weight excluding hydrogens is 362 g/mol. The second-order valence-corrected chi connectivity index (χ2v) is 6.68. The summed E-state index contributed by atoms with van der Waals surface area (Å²) >= 11 is 0. The van der Waals surface area contributed by atoms with Gasteiger partial charge in [-0.15, -0.1) is 10.2 Å². The number of carbonyl (C=O) groups is 2. The summed E-state index contributed by atoms with van der Waals surface area (Å²) in [6.45, 7) is 1.28. The number of ether oxygens (including phenoxy) is 2. The lowest BCUT2D eigenvalue weighted by atomic mass is 10.1. The highest BCUT2D eigenvalue weighted by Gasteiger charge is 2.36. The maximum absolute atomic E-state index is 12.7. The second kappa shape index (κ2) is 6.52. The van der Waals surface area contributed by atoms with Crippen LogP contribution in [0.2, 0.25) is 0 Å². The van der Waals surface area contributed by atoms with Crippen LogP contribution >= 0.6 is 0 Å². The zero-order valence-electron chi connectivity index (χ0n) is 14.9. The highest BCUT2D eigenvalue weighted by atomic mass is 16.6. The Balaban J connectivity index is 1.33. The third-order valence-corrected chi connectivity index (χ3v) is 4.88. The number of hydrogen-bond donors (Lipinski definition) is 1. The Morgan fingerprint density at radius 1 is 1.11 bits per heavy atom. The number of rotatable bonds is 3. The molecule has 0 spiro atoms. The lowest BCUT2D eigenvalue weighted by Gasteiger charge is -2.22. The normalized spacial score (nSPS) is 18.5. The molecule has 9 nitrogen and oxygen atoms in total. The van der Waals surface area contributed by atoms with Gasteiger partial charge < -0.3 is 14.4 Å². The Kier molecular flexibility index (Phi) is 3.85. The highest BCUT2D eigenvalue weighted by Crippen LogP contribution is 2.36. The van der Waals surface area contributed by atoms with E-state index in [2.05, 4.69) is 15.5 Å². The predicted molar refractivity (Wildman–Crippen MR) is 99.5 cm³/mol. The van der Waals surface area contributed by atoms with Crippen molar-refractivity contribution in [1.29, 1.82) is 0 Å². The standard InChI is InChI=1S/C19H17N5O4/c25-17-9-12(18(26)20-19-22-21-16-3-1-2-6-23(16)19)11-24(17)13-4-5-14-15(10-13)28-8-7-27-14/h1-6,10,12H,7-9,11H2,(H,20,22,26)/t12-/m1/s1. The number of hydrogen-bond acceptors (Lipinski definition) is 6. The van der Waals surface area contributed by atoms with Gasteiger partial charge in [-0.25, -0.2) is 0 Å². The van der Waals surface area contributed by atoms with E-state index < -0.39 is 5.92 Å². The first-order valence-electron chi connectivity index (χ1n) is 9.00. The first-order valence-corrected chi connectivity index (χ1v) is 9.00. The van der Waals surface area contributed by atoms with Gasteiger partial charge in [0, 0.05) is 30.9 Å². The number of nitrogens with zero attached hydrogens (tertiary/aromatic N) is 4. The fourth-order valence-electron chi connectivity index (χ4n) is 3.47. The number of aromatic nitrogens is 3. The zero-order valence-corrected chi connectivity index (χ0v) is 14.9. The van der Waals surface area contributed by atoms with Crippen molar-refractivity contribution in [3.8, 4) is 11.5 Å². The van der Waals surface area contributed by atoms with Gasteiger partial charge in [0.1, 0.15) is 13.2 Å². The number of pyridine rings is 1. The first-order chi connectivity index (χ1) is 13.7. The monoisotopic (exact) mass is 379 g/mol. The summed E-state index contributed by atoms with van der Waals surface area (Å²) in [7, 11) is 0. The summed E-state index contributed by atoms with van der Waals surface area (Å²) in [4.78, 5) is 26.8. The van der Waals surface area contributed by atoms with Crippen LogP contribution in [0.15, 0.2) is 42.6 Å². The lowest BCUT2D eigenvalue weighted by Crippen LogP contribution is -2.28. The molecule has 0 saturated carbocycles. The van der Waals surface area contributed by atoms with E-state index in [4.69, 9.17) is 9.47 Å².